The molecule has 0 N–H and O–H groups in total. The number of hydrogen-bond donors (Lipinski definition) is 0. The van der Waals surface area contributed by atoms with Gasteiger partial charge in [-0.05, 0) is 33.9 Å². The summed E-state index contributed by atoms with van der Waals surface area (Å²) in [7, 11) is 0. The van der Waals surface area contributed by atoms with Gasteiger partial charge in [-0.1, -0.05) is 75.8 Å². The van der Waals surface area contributed by atoms with Crippen LogP contribution >= 0.6 is 0 Å². The van der Waals surface area contributed by atoms with Gasteiger partial charge in [-0.2, -0.15) is 0 Å². The third kappa shape index (κ3) is 2.88. The zero-order valence-corrected chi connectivity index (χ0v) is 14.4. The van der Waals surface area contributed by atoms with Gasteiger partial charge in [0.25, 0.3) is 0 Å². The minimum Gasteiger partial charge on any atom is -0.294 e. The van der Waals surface area contributed by atoms with Crippen LogP contribution in [0.15, 0.2) is 60.2 Å². The van der Waals surface area contributed by atoms with Crippen LogP contribution in [0.25, 0.3) is 10.8 Å². The third-order valence-electron chi connectivity index (χ3n) is 4.65. The largest absolute Gasteiger partial charge is 0.294 e. The second kappa shape index (κ2) is 5.81. The van der Waals surface area contributed by atoms with Gasteiger partial charge in [0.1, 0.15) is 0 Å². The van der Waals surface area contributed by atoms with Crippen molar-refractivity contribution >= 4 is 16.6 Å². The Balaban J connectivity index is 2.21. The van der Waals surface area contributed by atoms with E-state index in [-0.39, 0.29) is 17.1 Å². The number of fused-ring (bicyclic) bond motifs is 1. The molecule has 0 aliphatic heterocycles. The van der Waals surface area contributed by atoms with Crippen molar-refractivity contribution in [1.82, 2.24) is 0 Å². The topological polar surface area (TPSA) is 17.1 Å². The molecule has 1 aliphatic carbocycles. The Morgan fingerprint density at radius 1 is 1.09 bits per heavy atom. The minimum absolute atomic E-state index is 0.0896. The number of allylic oxidation sites excluding steroid dienone is 4. The van der Waals surface area contributed by atoms with Gasteiger partial charge in [0, 0.05) is 17.9 Å². The van der Waals surface area contributed by atoms with E-state index >= 15 is 0 Å². The van der Waals surface area contributed by atoms with E-state index in [2.05, 4.69) is 69.3 Å². The van der Waals surface area contributed by atoms with Crippen molar-refractivity contribution in [3.63, 3.8) is 0 Å². The van der Waals surface area contributed by atoms with Crippen LogP contribution < -0.4 is 0 Å². The lowest BCUT2D eigenvalue weighted by molar-refractivity contribution is 0.0987. The van der Waals surface area contributed by atoms with Crippen LogP contribution in [-0.4, -0.2) is 5.78 Å². The second-order valence-corrected chi connectivity index (χ2v) is 7.30. The molecule has 0 saturated heterocycles. The first-order chi connectivity index (χ1) is 10.9. The highest BCUT2D eigenvalue weighted by atomic mass is 16.1. The Kier molecular flexibility index (Phi) is 3.97. The number of ketones is 1. The molecule has 2 aromatic rings. The lowest BCUT2D eigenvalue weighted by atomic mass is 9.76. The SMILES string of the molecule is CCC(=O)c1cc2ccccc2cc1C1C=CC=C1C(C)(C)C. The molecule has 0 aromatic heterocycles. The van der Waals surface area contributed by atoms with Crippen LogP contribution in [0.3, 0.4) is 0 Å². The highest BCUT2D eigenvalue weighted by molar-refractivity contribution is 6.02. The molecule has 0 amide bonds. The highest BCUT2D eigenvalue weighted by Crippen LogP contribution is 2.43. The number of rotatable bonds is 3. The Hall–Kier alpha value is -2.15. The van der Waals surface area contributed by atoms with Gasteiger partial charge in [0.05, 0.1) is 0 Å². The Labute approximate surface area is 138 Å². The summed E-state index contributed by atoms with van der Waals surface area (Å²) in [5, 5.41) is 2.33. The normalized spacial score (nSPS) is 17.6. The number of Topliss-reactive ketones (excluding diaryl/α,β-unsaturated/α-hetero) is 1. The van der Waals surface area contributed by atoms with Gasteiger partial charge in [0.2, 0.25) is 0 Å². The molecule has 0 bridgehead atoms. The molecule has 2 aromatic carbocycles. The van der Waals surface area contributed by atoms with E-state index in [4.69, 9.17) is 0 Å². The maximum absolute atomic E-state index is 12.5. The fourth-order valence-electron chi connectivity index (χ4n) is 3.41. The molecule has 0 heterocycles. The summed E-state index contributed by atoms with van der Waals surface area (Å²) in [6.45, 7) is 8.65. The highest BCUT2D eigenvalue weighted by Gasteiger charge is 2.29. The Morgan fingerprint density at radius 3 is 2.35 bits per heavy atom. The predicted molar refractivity (Wildman–Crippen MR) is 98.0 cm³/mol. The molecular weight excluding hydrogens is 280 g/mol. The minimum atomic E-state index is 0.0896. The molecule has 0 saturated carbocycles. The van der Waals surface area contributed by atoms with Crippen LogP contribution in [-0.2, 0) is 0 Å². The maximum atomic E-state index is 12.5. The van der Waals surface area contributed by atoms with Gasteiger partial charge in [-0.25, -0.2) is 0 Å². The monoisotopic (exact) mass is 304 g/mol. The molecule has 0 fully saturated rings. The first-order valence-electron chi connectivity index (χ1n) is 8.36. The van der Waals surface area contributed by atoms with Crippen LogP contribution in [0.5, 0.6) is 0 Å². The van der Waals surface area contributed by atoms with E-state index in [0.717, 1.165) is 16.5 Å². The first-order valence-corrected chi connectivity index (χ1v) is 8.36. The number of benzene rings is 2. The zero-order chi connectivity index (χ0) is 16.6. The molecule has 0 spiro atoms. The third-order valence-corrected chi connectivity index (χ3v) is 4.65. The summed E-state index contributed by atoms with van der Waals surface area (Å²) in [5.74, 6) is 0.421. The summed E-state index contributed by atoms with van der Waals surface area (Å²) in [5.41, 5.74) is 3.48. The van der Waals surface area contributed by atoms with E-state index < -0.39 is 0 Å². The quantitative estimate of drug-likeness (QED) is 0.630. The molecule has 1 nitrogen and oxygen atoms in total. The van der Waals surface area contributed by atoms with Crippen LogP contribution in [0, 0.1) is 5.41 Å². The zero-order valence-electron chi connectivity index (χ0n) is 14.4. The second-order valence-electron chi connectivity index (χ2n) is 7.30. The van der Waals surface area contributed by atoms with Crippen molar-refractivity contribution in [1.29, 1.82) is 0 Å². The Morgan fingerprint density at radius 2 is 1.74 bits per heavy atom. The molecule has 118 valence electrons. The molecule has 1 atom stereocenters. The standard InChI is InChI=1S/C22H24O/c1-5-21(23)19-14-16-10-7-6-9-15(16)13-18(19)17-11-8-12-20(17)22(2,3)4/h6-14,17H,5H2,1-4H3. The average Bonchev–Trinajstić information content (AvgIpc) is 3.02. The molecular formula is C22H24O. The maximum Gasteiger partial charge on any atom is 0.162 e. The Bertz CT molecular complexity index is 815. The van der Waals surface area contributed by atoms with Crippen LogP contribution in [0.1, 0.15) is 56.0 Å². The number of carbonyl (C=O) groups is 1. The predicted octanol–water partition coefficient (Wildman–Crippen LogP) is 6.06. The lowest BCUT2D eigenvalue weighted by Gasteiger charge is -2.28. The summed E-state index contributed by atoms with van der Waals surface area (Å²) in [6, 6.07) is 12.6. The van der Waals surface area contributed by atoms with Crippen LogP contribution in [0.2, 0.25) is 0 Å². The molecule has 1 unspecified atom stereocenters. The smallest absolute Gasteiger partial charge is 0.162 e. The van der Waals surface area contributed by atoms with E-state index in [0.29, 0.717) is 6.42 Å². The van der Waals surface area contributed by atoms with Crippen molar-refractivity contribution in [3.05, 3.63) is 71.3 Å². The molecule has 23 heavy (non-hydrogen) atoms. The van der Waals surface area contributed by atoms with Crippen molar-refractivity contribution in [2.45, 2.75) is 40.0 Å². The summed E-state index contributed by atoms with van der Waals surface area (Å²) in [4.78, 5) is 12.5. The number of carbonyl (C=O) groups excluding carboxylic acids is 1. The van der Waals surface area contributed by atoms with E-state index in [9.17, 15) is 4.79 Å². The molecule has 3 rings (SSSR count). The van der Waals surface area contributed by atoms with Gasteiger partial charge >= 0.3 is 0 Å². The van der Waals surface area contributed by atoms with Crippen molar-refractivity contribution in [2.75, 3.05) is 0 Å². The lowest BCUT2D eigenvalue weighted by Crippen LogP contribution is -2.16. The van der Waals surface area contributed by atoms with Gasteiger partial charge < -0.3 is 0 Å². The van der Waals surface area contributed by atoms with Gasteiger partial charge in [0.15, 0.2) is 5.78 Å². The molecule has 1 aliphatic rings. The molecule has 1 heteroatoms. The van der Waals surface area contributed by atoms with E-state index in [1.165, 1.54) is 11.0 Å². The first kappa shape index (κ1) is 15.7. The van der Waals surface area contributed by atoms with Gasteiger partial charge in [-0.15, -0.1) is 0 Å². The van der Waals surface area contributed by atoms with E-state index in [1.54, 1.807) is 0 Å². The summed E-state index contributed by atoms with van der Waals surface area (Å²) >= 11 is 0. The summed E-state index contributed by atoms with van der Waals surface area (Å²) < 4.78 is 0. The fraction of sp³-hybridized carbons (Fsp3) is 0.318. The van der Waals surface area contributed by atoms with Crippen molar-refractivity contribution < 1.29 is 4.79 Å². The average molecular weight is 304 g/mol. The van der Waals surface area contributed by atoms with Crippen molar-refractivity contribution in [2.24, 2.45) is 5.41 Å². The fourth-order valence-corrected chi connectivity index (χ4v) is 3.41. The van der Waals surface area contributed by atoms with E-state index in [1.807, 2.05) is 13.0 Å². The van der Waals surface area contributed by atoms with Gasteiger partial charge in [-0.3, -0.25) is 4.79 Å². The number of hydrogen-bond acceptors (Lipinski definition) is 1. The van der Waals surface area contributed by atoms with Crippen LogP contribution in [0.4, 0.5) is 0 Å². The summed E-state index contributed by atoms with van der Waals surface area (Å²) in [6.07, 6.45) is 7.09. The molecule has 0 radical (unpaired) electrons. The van der Waals surface area contributed by atoms with Crippen molar-refractivity contribution in [3.8, 4) is 0 Å².